The second-order valence-corrected chi connectivity index (χ2v) is 4.16. The monoisotopic (exact) mass is 255 g/mol. The molecule has 0 amide bonds. The van der Waals surface area contributed by atoms with Crippen molar-refractivity contribution in [3.8, 4) is 16.3 Å². The first-order valence-electron chi connectivity index (χ1n) is 4.27. The highest BCUT2D eigenvalue weighted by Crippen LogP contribution is 2.34. The number of hydrogen-bond donors (Lipinski definition) is 1. The van der Waals surface area contributed by atoms with Gasteiger partial charge >= 0.3 is 6.16 Å². The molecule has 82 valence electrons. The molecule has 0 fully saturated rings. The Balaban J connectivity index is 2.40. The van der Waals surface area contributed by atoms with E-state index in [4.69, 9.17) is 16.7 Å². The SMILES string of the molecule is O=C(O)Oc1ncsc1-c1cccc(Cl)c1. The summed E-state index contributed by atoms with van der Waals surface area (Å²) in [7, 11) is 0. The van der Waals surface area contributed by atoms with Crippen molar-refractivity contribution < 1.29 is 14.6 Å². The molecular weight excluding hydrogens is 250 g/mol. The Labute approximate surface area is 100 Å². The van der Waals surface area contributed by atoms with E-state index in [1.54, 1.807) is 18.2 Å². The first-order valence-corrected chi connectivity index (χ1v) is 5.53. The smallest absolute Gasteiger partial charge is 0.449 e. The van der Waals surface area contributed by atoms with Gasteiger partial charge in [-0.05, 0) is 17.7 Å². The van der Waals surface area contributed by atoms with E-state index in [2.05, 4.69) is 9.72 Å². The van der Waals surface area contributed by atoms with Crippen molar-refractivity contribution in [2.45, 2.75) is 0 Å². The van der Waals surface area contributed by atoms with Gasteiger partial charge in [0.1, 0.15) is 0 Å². The van der Waals surface area contributed by atoms with Gasteiger partial charge in [-0.3, -0.25) is 0 Å². The van der Waals surface area contributed by atoms with Crippen LogP contribution in [0.4, 0.5) is 4.79 Å². The number of ether oxygens (including phenoxy) is 1. The number of hydrogen-bond acceptors (Lipinski definition) is 4. The number of carbonyl (C=O) groups is 1. The Kier molecular flexibility index (Phi) is 3.07. The number of nitrogens with zero attached hydrogens (tertiary/aromatic N) is 1. The predicted molar refractivity (Wildman–Crippen MR) is 61.2 cm³/mol. The highest BCUT2D eigenvalue weighted by Gasteiger charge is 2.13. The van der Waals surface area contributed by atoms with Crippen molar-refractivity contribution in [3.63, 3.8) is 0 Å². The average molecular weight is 256 g/mol. The molecule has 2 rings (SSSR count). The van der Waals surface area contributed by atoms with E-state index >= 15 is 0 Å². The molecule has 4 nitrogen and oxygen atoms in total. The van der Waals surface area contributed by atoms with Crippen molar-refractivity contribution in [1.82, 2.24) is 4.98 Å². The largest absolute Gasteiger partial charge is 0.512 e. The lowest BCUT2D eigenvalue weighted by Gasteiger charge is -2.01. The molecule has 16 heavy (non-hydrogen) atoms. The zero-order valence-corrected chi connectivity index (χ0v) is 9.46. The number of aromatic nitrogens is 1. The van der Waals surface area contributed by atoms with E-state index in [0.717, 1.165) is 5.56 Å². The van der Waals surface area contributed by atoms with Gasteiger partial charge in [0.2, 0.25) is 5.88 Å². The number of rotatable bonds is 2. The number of benzene rings is 1. The first-order chi connectivity index (χ1) is 7.66. The molecule has 6 heteroatoms. The molecule has 1 heterocycles. The van der Waals surface area contributed by atoms with Crippen LogP contribution >= 0.6 is 22.9 Å². The maximum atomic E-state index is 10.4. The zero-order chi connectivity index (χ0) is 11.5. The lowest BCUT2D eigenvalue weighted by molar-refractivity contribution is 0.143. The lowest BCUT2D eigenvalue weighted by Crippen LogP contribution is -2.03. The molecule has 1 aromatic heterocycles. The van der Waals surface area contributed by atoms with Gasteiger partial charge in [0.15, 0.2) is 0 Å². The van der Waals surface area contributed by atoms with E-state index in [-0.39, 0.29) is 5.88 Å². The fraction of sp³-hybridized carbons (Fsp3) is 0. The second-order valence-electron chi connectivity index (χ2n) is 2.86. The second kappa shape index (κ2) is 4.51. The van der Waals surface area contributed by atoms with Gasteiger partial charge in [0.05, 0.1) is 10.4 Å². The molecule has 0 bridgehead atoms. The summed E-state index contributed by atoms with van der Waals surface area (Å²) < 4.78 is 4.55. The quantitative estimate of drug-likeness (QED) is 0.834. The summed E-state index contributed by atoms with van der Waals surface area (Å²) in [6.45, 7) is 0. The lowest BCUT2D eigenvalue weighted by atomic mass is 10.2. The Morgan fingerprint density at radius 1 is 1.50 bits per heavy atom. The van der Waals surface area contributed by atoms with Crippen LogP contribution in [0.3, 0.4) is 0 Å². The highest BCUT2D eigenvalue weighted by molar-refractivity contribution is 7.13. The third-order valence-electron chi connectivity index (χ3n) is 1.81. The van der Waals surface area contributed by atoms with E-state index in [9.17, 15) is 4.79 Å². The summed E-state index contributed by atoms with van der Waals surface area (Å²) in [6, 6.07) is 7.06. The van der Waals surface area contributed by atoms with Gasteiger partial charge in [-0.1, -0.05) is 23.7 Å². The predicted octanol–water partition coefficient (Wildman–Crippen LogP) is 3.52. The molecule has 0 radical (unpaired) electrons. The van der Waals surface area contributed by atoms with Crippen molar-refractivity contribution in [2.24, 2.45) is 0 Å². The van der Waals surface area contributed by atoms with Crippen molar-refractivity contribution in [1.29, 1.82) is 0 Å². The van der Waals surface area contributed by atoms with Crippen LogP contribution in [0.15, 0.2) is 29.8 Å². The highest BCUT2D eigenvalue weighted by atomic mass is 35.5. The minimum absolute atomic E-state index is 0.0831. The van der Waals surface area contributed by atoms with Crippen LogP contribution in [-0.2, 0) is 0 Å². The first kappa shape index (κ1) is 10.9. The molecule has 0 saturated carbocycles. The van der Waals surface area contributed by atoms with E-state index in [0.29, 0.717) is 9.90 Å². The Hall–Kier alpha value is -1.59. The standard InChI is InChI=1S/C10H6ClNO3S/c11-7-3-1-2-6(4-7)8-9(12-5-16-8)15-10(13)14/h1-5H,(H,13,14). The number of thiazole rings is 1. The van der Waals surface area contributed by atoms with Crippen LogP contribution in [0.1, 0.15) is 0 Å². The van der Waals surface area contributed by atoms with Crippen LogP contribution in [0, 0.1) is 0 Å². The summed E-state index contributed by atoms with van der Waals surface area (Å²) in [5, 5.41) is 9.10. The van der Waals surface area contributed by atoms with Gasteiger partial charge in [0.25, 0.3) is 0 Å². The van der Waals surface area contributed by atoms with Gasteiger partial charge < -0.3 is 9.84 Å². The molecule has 2 aromatic rings. The average Bonchev–Trinajstić information content (AvgIpc) is 2.65. The molecule has 1 N–H and O–H groups in total. The van der Waals surface area contributed by atoms with Crippen LogP contribution < -0.4 is 4.74 Å². The third kappa shape index (κ3) is 2.32. The van der Waals surface area contributed by atoms with E-state index in [1.807, 2.05) is 6.07 Å². The van der Waals surface area contributed by atoms with Gasteiger partial charge in [-0.2, -0.15) is 0 Å². The molecule has 1 aromatic carbocycles. The van der Waals surface area contributed by atoms with Gasteiger partial charge in [0, 0.05) is 5.02 Å². The zero-order valence-electron chi connectivity index (χ0n) is 7.88. The van der Waals surface area contributed by atoms with Crippen molar-refractivity contribution in [2.75, 3.05) is 0 Å². The van der Waals surface area contributed by atoms with Crippen LogP contribution in [0.25, 0.3) is 10.4 Å². The summed E-state index contributed by atoms with van der Waals surface area (Å²) >= 11 is 7.14. The fourth-order valence-electron chi connectivity index (χ4n) is 1.21. The number of carboxylic acid groups (broad SMARTS) is 1. The van der Waals surface area contributed by atoms with Crippen LogP contribution in [0.5, 0.6) is 5.88 Å². The fourth-order valence-corrected chi connectivity index (χ4v) is 2.11. The maximum Gasteiger partial charge on any atom is 0.512 e. The maximum absolute atomic E-state index is 10.4. The van der Waals surface area contributed by atoms with E-state index in [1.165, 1.54) is 16.8 Å². The van der Waals surface area contributed by atoms with Crippen LogP contribution in [-0.4, -0.2) is 16.2 Å². The molecule has 0 saturated heterocycles. The Morgan fingerprint density at radius 2 is 2.31 bits per heavy atom. The molecule has 0 aliphatic rings. The molecule has 0 atom stereocenters. The summed E-state index contributed by atoms with van der Waals surface area (Å²) in [4.78, 5) is 14.9. The molecule has 0 spiro atoms. The molecule has 0 aliphatic heterocycles. The third-order valence-corrected chi connectivity index (χ3v) is 2.90. The molecular formula is C10H6ClNO3S. The van der Waals surface area contributed by atoms with Gasteiger partial charge in [-0.15, -0.1) is 11.3 Å². The van der Waals surface area contributed by atoms with Crippen molar-refractivity contribution >= 4 is 29.1 Å². The summed E-state index contributed by atoms with van der Waals surface area (Å²) in [5.74, 6) is 0.0831. The van der Waals surface area contributed by atoms with E-state index < -0.39 is 6.16 Å². The summed E-state index contributed by atoms with van der Waals surface area (Å²) in [6.07, 6.45) is -1.38. The van der Waals surface area contributed by atoms with Crippen molar-refractivity contribution in [3.05, 3.63) is 34.8 Å². The number of halogens is 1. The Morgan fingerprint density at radius 3 is 3.00 bits per heavy atom. The molecule has 0 aliphatic carbocycles. The normalized spacial score (nSPS) is 10.1. The van der Waals surface area contributed by atoms with Crippen LogP contribution in [0.2, 0.25) is 5.02 Å². The minimum Gasteiger partial charge on any atom is -0.449 e. The topological polar surface area (TPSA) is 59.4 Å². The van der Waals surface area contributed by atoms with Gasteiger partial charge in [-0.25, -0.2) is 9.78 Å². The summed E-state index contributed by atoms with van der Waals surface area (Å²) in [5.41, 5.74) is 2.31. The molecule has 0 unspecified atom stereocenters. The minimum atomic E-state index is -1.38. The Bertz CT molecular complexity index is 526.